The molecule has 2 rings (SSSR count). The Morgan fingerprint density at radius 1 is 1.38 bits per heavy atom. The van der Waals surface area contributed by atoms with E-state index in [2.05, 4.69) is 11.9 Å². The number of aliphatic hydroxyl groups is 1. The van der Waals surface area contributed by atoms with Crippen LogP contribution in [0.2, 0.25) is 0 Å². The summed E-state index contributed by atoms with van der Waals surface area (Å²) in [5.74, 6) is 1.02. The lowest BCUT2D eigenvalue weighted by atomic mass is 9.92. The Morgan fingerprint density at radius 2 is 2.06 bits per heavy atom. The van der Waals surface area contributed by atoms with E-state index in [9.17, 15) is 5.11 Å². The predicted molar refractivity (Wildman–Crippen MR) is 63.2 cm³/mol. The number of aryl methyl sites for hydroxylation is 1. The summed E-state index contributed by atoms with van der Waals surface area (Å²) in [6, 6.07) is 2.65. The van der Waals surface area contributed by atoms with Crippen molar-refractivity contribution in [3.63, 3.8) is 0 Å². The molecular weight excluding hydrogens is 202 g/mol. The van der Waals surface area contributed by atoms with E-state index in [1.54, 1.807) is 6.26 Å². The van der Waals surface area contributed by atoms with Gasteiger partial charge in [0.25, 0.3) is 0 Å². The number of furan rings is 1. The molecule has 0 unspecified atom stereocenters. The topological polar surface area (TPSA) is 36.6 Å². The maximum Gasteiger partial charge on any atom is 0.105 e. The normalized spacial score (nSPS) is 26.2. The fourth-order valence-electron chi connectivity index (χ4n) is 2.47. The van der Waals surface area contributed by atoms with Crippen LogP contribution < -0.4 is 0 Å². The van der Waals surface area contributed by atoms with Gasteiger partial charge < -0.3 is 9.52 Å². The molecule has 3 nitrogen and oxygen atoms in total. The van der Waals surface area contributed by atoms with Crippen molar-refractivity contribution >= 4 is 0 Å². The first kappa shape index (κ1) is 11.7. The van der Waals surface area contributed by atoms with Gasteiger partial charge >= 0.3 is 0 Å². The van der Waals surface area contributed by atoms with Gasteiger partial charge in [0.1, 0.15) is 5.76 Å². The van der Waals surface area contributed by atoms with Crippen molar-refractivity contribution in [2.24, 2.45) is 0 Å². The molecule has 0 aliphatic heterocycles. The van der Waals surface area contributed by atoms with E-state index in [-0.39, 0.29) is 6.10 Å². The summed E-state index contributed by atoms with van der Waals surface area (Å²) in [5, 5.41) is 9.48. The van der Waals surface area contributed by atoms with Crippen LogP contribution >= 0.6 is 0 Å². The minimum atomic E-state index is -0.0692. The van der Waals surface area contributed by atoms with E-state index in [0.717, 1.165) is 38.0 Å². The van der Waals surface area contributed by atoms with E-state index in [4.69, 9.17) is 4.42 Å². The molecule has 90 valence electrons. The molecule has 16 heavy (non-hydrogen) atoms. The average molecular weight is 223 g/mol. The standard InChI is InChI=1S/C13H21NO2/c1-10-11(7-8-16-10)9-14(2)12-3-5-13(15)6-4-12/h7-8,12-13,15H,3-6,9H2,1-2H3. The van der Waals surface area contributed by atoms with Crippen molar-refractivity contribution in [2.45, 2.75) is 51.3 Å². The monoisotopic (exact) mass is 223 g/mol. The van der Waals surface area contributed by atoms with Gasteiger partial charge in [-0.3, -0.25) is 4.90 Å². The van der Waals surface area contributed by atoms with Crippen molar-refractivity contribution in [3.8, 4) is 0 Å². The highest BCUT2D eigenvalue weighted by atomic mass is 16.3. The lowest BCUT2D eigenvalue weighted by molar-refractivity contribution is 0.0816. The van der Waals surface area contributed by atoms with Crippen molar-refractivity contribution in [1.29, 1.82) is 0 Å². The van der Waals surface area contributed by atoms with Crippen molar-refractivity contribution in [3.05, 3.63) is 23.7 Å². The third-order valence-electron chi connectivity index (χ3n) is 3.68. The van der Waals surface area contributed by atoms with Gasteiger partial charge in [0.15, 0.2) is 0 Å². The van der Waals surface area contributed by atoms with Gasteiger partial charge in [0.05, 0.1) is 12.4 Å². The number of aliphatic hydroxyl groups excluding tert-OH is 1. The molecule has 0 bridgehead atoms. The molecule has 1 fully saturated rings. The molecule has 1 saturated carbocycles. The molecule has 0 aromatic carbocycles. The summed E-state index contributed by atoms with van der Waals surface area (Å²) in [6.45, 7) is 2.96. The molecule has 3 heteroatoms. The van der Waals surface area contributed by atoms with Crippen molar-refractivity contribution in [1.82, 2.24) is 4.90 Å². The molecule has 1 heterocycles. The highest BCUT2D eigenvalue weighted by molar-refractivity contribution is 5.15. The minimum Gasteiger partial charge on any atom is -0.469 e. The molecule has 1 aromatic rings. The Bertz CT molecular complexity index is 326. The number of hydrogen-bond donors (Lipinski definition) is 1. The second-order valence-corrected chi connectivity index (χ2v) is 4.88. The maximum atomic E-state index is 9.48. The lowest BCUT2D eigenvalue weighted by Crippen LogP contribution is -2.35. The Morgan fingerprint density at radius 3 is 2.62 bits per heavy atom. The highest BCUT2D eigenvalue weighted by Gasteiger charge is 2.22. The van der Waals surface area contributed by atoms with Crippen LogP contribution in [0.5, 0.6) is 0 Å². The van der Waals surface area contributed by atoms with E-state index in [1.165, 1.54) is 5.56 Å². The molecule has 0 radical (unpaired) electrons. The first-order valence-corrected chi connectivity index (χ1v) is 6.08. The van der Waals surface area contributed by atoms with Crippen LogP contribution in [0.25, 0.3) is 0 Å². The summed E-state index contributed by atoms with van der Waals surface area (Å²) < 4.78 is 5.30. The number of nitrogens with zero attached hydrogens (tertiary/aromatic N) is 1. The average Bonchev–Trinajstić information content (AvgIpc) is 2.65. The SMILES string of the molecule is Cc1occc1CN(C)C1CCC(O)CC1. The van der Waals surface area contributed by atoms with Crippen LogP contribution in [0.15, 0.2) is 16.7 Å². The molecule has 1 aliphatic rings. The number of hydrogen-bond acceptors (Lipinski definition) is 3. The molecule has 1 aromatic heterocycles. The van der Waals surface area contributed by atoms with Crippen LogP contribution in [-0.4, -0.2) is 29.2 Å². The van der Waals surface area contributed by atoms with Crippen LogP contribution in [0.3, 0.4) is 0 Å². The second-order valence-electron chi connectivity index (χ2n) is 4.88. The Hall–Kier alpha value is -0.800. The van der Waals surface area contributed by atoms with Gasteiger partial charge in [-0.05, 0) is 45.7 Å². The molecular formula is C13H21NO2. The van der Waals surface area contributed by atoms with E-state index in [1.807, 2.05) is 13.0 Å². The van der Waals surface area contributed by atoms with Crippen molar-refractivity contribution in [2.75, 3.05) is 7.05 Å². The fraction of sp³-hybridized carbons (Fsp3) is 0.692. The zero-order valence-corrected chi connectivity index (χ0v) is 10.1. The smallest absolute Gasteiger partial charge is 0.105 e. The predicted octanol–water partition coefficient (Wildman–Crippen LogP) is 2.32. The summed E-state index contributed by atoms with van der Waals surface area (Å²) in [7, 11) is 2.16. The van der Waals surface area contributed by atoms with Gasteiger partial charge in [-0.15, -0.1) is 0 Å². The summed E-state index contributed by atoms with van der Waals surface area (Å²) >= 11 is 0. The van der Waals surface area contributed by atoms with Crippen LogP contribution in [0.1, 0.15) is 37.0 Å². The summed E-state index contributed by atoms with van der Waals surface area (Å²) in [6.07, 6.45) is 5.78. The van der Waals surface area contributed by atoms with Gasteiger partial charge in [0, 0.05) is 18.2 Å². The second kappa shape index (κ2) is 5.02. The fourth-order valence-corrected chi connectivity index (χ4v) is 2.47. The molecule has 0 spiro atoms. The van der Waals surface area contributed by atoms with Crippen LogP contribution in [0.4, 0.5) is 0 Å². The maximum absolute atomic E-state index is 9.48. The van der Waals surface area contributed by atoms with Crippen LogP contribution in [-0.2, 0) is 6.54 Å². The van der Waals surface area contributed by atoms with E-state index < -0.39 is 0 Å². The quantitative estimate of drug-likeness (QED) is 0.854. The molecule has 0 atom stereocenters. The van der Waals surface area contributed by atoms with Gasteiger partial charge in [-0.25, -0.2) is 0 Å². The van der Waals surface area contributed by atoms with Gasteiger partial charge in [-0.2, -0.15) is 0 Å². The number of rotatable bonds is 3. The lowest BCUT2D eigenvalue weighted by Gasteiger charge is -2.32. The van der Waals surface area contributed by atoms with Crippen LogP contribution in [0, 0.1) is 6.92 Å². The highest BCUT2D eigenvalue weighted by Crippen LogP contribution is 2.24. The zero-order valence-electron chi connectivity index (χ0n) is 10.1. The first-order valence-electron chi connectivity index (χ1n) is 6.08. The molecule has 0 saturated heterocycles. The van der Waals surface area contributed by atoms with E-state index in [0.29, 0.717) is 6.04 Å². The summed E-state index contributed by atoms with van der Waals surface area (Å²) in [4.78, 5) is 2.38. The van der Waals surface area contributed by atoms with Crippen molar-refractivity contribution < 1.29 is 9.52 Å². The largest absolute Gasteiger partial charge is 0.469 e. The Balaban J connectivity index is 1.88. The third kappa shape index (κ3) is 2.66. The third-order valence-corrected chi connectivity index (χ3v) is 3.68. The van der Waals surface area contributed by atoms with Gasteiger partial charge in [-0.1, -0.05) is 0 Å². The molecule has 1 aliphatic carbocycles. The Kier molecular flexibility index (Phi) is 3.66. The Labute approximate surface area is 97.1 Å². The first-order chi connectivity index (χ1) is 7.66. The van der Waals surface area contributed by atoms with Gasteiger partial charge in [0.2, 0.25) is 0 Å². The van der Waals surface area contributed by atoms with E-state index >= 15 is 0 Å². The summed E-state index contributed by atoms with van der Waals surface area (Å²) in [5.41, 5.74) is 1.27. The molecule has 0 amide bonds. The zero-order chi connectivity index (χ0) is 11.5. The molecule has 1 N–H and O–H groups in total. The minimum absolute atomic E-state index is 0.0692.